The van der Waals surface area contributed by atoms with Crippen LogP contribution in [-0.4, -0.2) is 43.8 Å². The molecule has 7 heteroatoms. The van der Waals surface area contributed by atoms with Gasteiger partial charge in [-0.1, -0.05) is 87.3 Å². The number of nitrogens with zero attached hydrogens (tertiary/aromatic N) is 3. The first kappa shape index (κ1) is 37.7. The summed E-state index contributed by atoms with van der Waals surface area (Å²) in [6.07, 6.45) is 17.8. The molecule has 0 amide bonds. The van der Waals surface area contributed by atoms with Crippen molar-refractivity contribution in [3.8, 4) is 0 Å². The highest BCUT2D eigenvalue weighted by atomic mass is 28.4. The van der Waals surface area contributed by atoms with E-state index in [1.165, 1.54) is 106 Å². The Morgan fingerprint density at radius 1 is 0.702 bits per heavy atom. The Morgan fingerprint density at radius 2 is 1.15 bits per heavy atom. The van der Waals surface area contributed by atoms with Gasteiger partial charge in [-0.2, -0.15) is 0 Å². The molecule has 5 nitrogen and oxygen atoms in total. The SMILES string of the molecule is CC[Si](CC)(CC)O[C@H]1CCC[C@]2(C)[C@@H]([C@H](C)Cn3cc(C[C@H](C)[C@H]4CC[C@H]5[C@@H](O[Si](CC)(CC)CC)CCC[C@]45C)nn3)CC[C@@H]12. The maximum atomic E-state index is 7.22. The molecule has 1 aromatic rings. The highest BCUT2D eigenvalue weighted by Gasteiger charge is 2.55. The third-order valence-corrected chi connectivity index (χ3v) is 25.2. The first-order chi connectivity index (χ1) is 22.5. The number of fused-ring (bicyclic) bond motifs is 2. The van der Waals surface area contributed by atoms with Gasteiger partial charge in [0.05, 0.1) is 5.69 Å². The summed E-state index contributed by atoms with van der Waals surface area (Å²) in [7, 11) is -3.18. The first-order valence-corrected chi connectivity index (χ1v) is 25.8. The number of hydrogen-bond donors (Lipinski definition) is 0. The van der Waals surface area contributed by atoms with Gasteiger partial charge in [-0.25, -0.2) is 0 Å². The molecule has 0 saturated heterocycles. The molecular formula is C40H75N3O2Si2. The average molecular weight is 686 g/mol. The molecule has 0 bridgehead atoms. The Bertz CT molecular complexity index is 1040. The molecule has 0 radical (unpaired) electrons. The van der Waals surface area contributed by atoms with Crippen LogP contribution in [0, 0.1) is 46.3 Å². The van der Waals surface area contributed by atoms with Crippen molar-refractivity contribution in [1.82, 2.24) is 15.0 Å². The van der Waals surface area contributed by atoms with Crippen LogP contribution >= 0.6 is 0 Å². The summed E-state index contributed by atoms with van der Waals surface area (Å²) in [5, 5.41) is 9.53. The molecule has 4 aliphatic carbocycles. The minimum absolute atomic E-state index is 0.402. The van der Waals surface area contributed by atoms with E-state index in [4.69, 9.17) is 19.2 Å². The fourth-order valence-corrected chi connectivity index (χ4v) is 18.4. The normalized spacial score (nSPS) is 35.9. The summed E-state index contributed by atoms with van der Waals surface area (Å²) in [6, 6.07) is 7.59. The lowest BCUT2D eigenvalue weighted by atomic mass is 9.61. The minimum Gasteiger partial charge on any atom is -0.414 e. The molecule has 0 aliphatic heterocycles. The molecule has 0 unspecified atom stereocenters. The lowest BCUT2D eigenvalue weighted by Crippen LogP contribution is -2.48. The summed E-state index contributed by atoms with van der Waals surface area (Å²) in [5.74, 6) is 4.23. The van der Waals surface area contributed by atoms with E-state index in [1.807, 2.05) is 0 Å². The van der Waals surface area contributed by atoms with Crippen LogP contribution in [0.4, 0.5) is 0 Å². The van der Waals surface area contributed by atoms with Gasteiger partial charge in [0.25, 0.3) is 0 Å². The van der Waals surface area contributed by atoms with E-state index in [0.29, 0.717) is 34.9 Å². The van der Waals surface area contributed by atoms with Crippen molar-refractivity contribution in [3.63, 3.8) is 0 Å². The fraction of sp³-hybridized carbons (Fsp3) is 0.950. The quantitative estimate of drug-likeness (QED) is 0.163. The fourth-order valence-electron chi connectivity index (χ4n) is 12.5. The van der Waals surface area contributed by atoms with Crippen molar-refractivity contribution in [1.29, 1.82) is 0 Å². The van der Waals surface area contributed by atoms with Crippen LogP contribution in [0.3, 0.4) is 0 Å². The smallest absolute Gasteiger partial charge is 0.192 e. The average Bonchev–Trinajstić information content (AvgIpc) is 3.77. The van der Waals surface area contributed by atoms with Crippen molar-refractivity contribution in [3.05, 3.63) is 11.9 Å². The Labute approximate surface area is 292 Å². The van der Waals surface area contributed by atoms with E-state index in [9.17, 15) is 0 Å². The first-order valence-electron chi connectivity index (χ1n) is 20.7. The third kappa shape index (κ3) is 7.31. The van der Waals surface area contributed by atoms with E-state index in [1.54, 1.807) is 0 Å². The molecule has 47 heavy (non-hydrogen) atoms. The zero-order chi connectivity index (χ0) is 34.0. The second-order valence-corrected chi connectivity index (χ2v) is 27.2. The second-order valence-electron chi connectivity index (χ2n) is 17.8. The van der Waals surface area contributed by atoms with Crippen LogP contribution in [0.15, 0.2) is 6.20 Å². The number of rotatable bonds is 16. The molecule has 0 aromatic carbocycles. The second kappa shape index (κ2) is 15.4. The van der Waals surface area contributed by atoms with Gasteiger partial charge in [-0.15, -0.1) is 5.10 Å². The van der Waals surface area contributed by atoms with Gasteiger partial charge in [-0.3, -0.25) is 4.68 Å². The molecular weight excluding hydrogens is 611 g/mol. The van der Waals surface area contributed by atoms with Crippen molar-refractivity contribution in [2.24, 2.45) is 46.3 Å². The third-order valence-electron chi connectivity index (χ3n) is 15.9. The highest BCUT2D eigenvalue weighted by molar-refractivity contribution is 6.74. The van der Waals surface area contributed by atoms with E-state index in [-0.39, 0.29) is 0 Å². The van der Waals surface area contributed by atoms with Gasteiger partial charge in [0.1, 0.15) is 0 Å². The van der Waals surface area contributed by atoms with Gasteiger partial charge in [-0.05, 0) is 140 Å². The zero-order valence-electron chi connectivity index (χ0n) is 32.6. The summed E-state index contributed by atoms with van der Waals surface area (Å²) in [4.78, 5) is 0. The summed E-state index contributed by atoms with van der Waals surface area (Å²) in [5.41, 5.74) is 2.02. The topological polar surface area (TPSA) is 49.2 Å². The van der Waals surface area contributed by atoms with Crippen LogP contribution in [-0.2, 0) is 21.8 Å². The Kier molecular flexibility index (Phi) is 12.4. The largest absolute Gasteiger partial charge is 0.414 e. The molecule has 1 aromatic heterocycles. The lowest BCUT2D eigenvalue weighted by molar-refractivity contribution is -0.0213. The predicted octanol–water partition coefficient (Wildman–Crippen LogP) is 11.3. The standard InChI is InChI=1S/C40H75N3O2Si2/c1-11-46(12-2,13-3)44-37-19-17-25-39(9)33(21-23-35(37)39)30(7)27-32-29-43(42-41-32)28-31(8)34-22-24-36-38(20-18-26-40(34,36)10)45-47(14-4,15-5)16-6/h29-31,33-38H,11-28H2,1-10H3/t30-,31+,33+,34+,35-,36-,37-,38-,39+,40+/m0/s1. The molecule has 4 fully saturated rings. The van der Waals surface area contributed by atoms with Crippen molar-refractivity contribution >= 4 is 16.6 Å². The van der Waals surface area contributed by atoms with Crippen molar-refractivity contribution < 1.29 is 8.85 Å². The maximum Gasteiger partial charge on any atom is 0.192 e. The van der Waals surface area contributed by atoms with Crippen molar-refractivity contribution in [2.45, 2.75) is 195 Å². The molecule has 270 valence electrons. The summed E-state index contributed by atoms with van der Waals surface area (Å²) in [6.45, 7) is 25.6. The monoisotopic (exact) mass is 686 g/mol. The van der Waals surface area contributed by atoms with Gasteiger partial charge in [0, 0.05) is 24.9 Å². The van der Waals surface area contributed by atoms with Crippen LogP contribution in [0.1, 0.15) is 139 Å². The van der Waals surface area contributed by atoms with Crippen LogP contribution in [0.5, 0.6) is 0 Å². The van der Waals surface area contributed by atoms with E-state index in [0.717, 1.165) is 36.6 Å². The molecule has 4 aliphatic rings. The zero-order valence-corrected chi connectivity index (χ0v) is 34.6. The number of hydrogen-bond acceptors (Lipinski definition) is 4. The van der Waals surface area contributed by atoms with Gasteiger partial charge >= 0.3 is 0 Å². The predicted molar refractivity (Wildman–Crippen MR) is 203 cm³/mol. The number of aromatic nitrogens is 3. The highest BCUT2D eigenvalue weighted by Crippen LogP contribution is 2.60. The minimum atomic E-state index is -1.59. The van der Waals surface area contributed by atoms with Gasteiger partial charge in [0.15, 0.2) is 16.6 Å². The Morgan fingerprint density at radius 3 is 1.60 bits per heavy atom. The van der Waals surface area contributed by atoms with E-state index < -0.39 is 16.6 Å². The van der Waals surface area contributed by atoms with Crippen molar-refractivity contribution in [2.75, 3.05) is 0 Å². The van der Waals surface area contributed by atoms with Crippen LogP contribution < -0.4 is 0 Å². The van der Waals surface area contributed by atoms with Gasteiger partial charge in [0.2, 0.25) is 0 Å². The lowest BCUT2D eigenvalue weighted by Gasteiger charge is -2.49. The van der Waals surface area contributed by atoms with Crippen LogP contribution in [0.25, 0.3) is 0 Å². The molecule has 10 atom stereocenters. The van der Waals surface area contributed by atoms with Gasteiger partial charge < -0.3 is 8.85 Å². The molecule has 4 saturated carbocycles. The maximum absolute atomic E-state index is 7.22. The molecule has 1 heterocycles. The Balaban J connectivity index is 1.19. The summed E-state index contributed by atoms with van der Waals surface area (Å²) >= 11 is 0. The van der Waals surface area contributed by atoms with Crippen LogP contribution in [0.2, 0.25) is 36.3 Å². The van der Waals surface area contributed by atoms with E-state index in [2.05, 4.69) is 80.1 Å². The molecule has 0 spiro atoms. The summed E-state index contributed by atoms with van der Waals surface area (Å²) < 4.78 is 16.7. The van der Waals surface area contributed by atoms with E-state index >= 15 is 0 Å². The Hall–Kier alpha value is -0.506. The molecule has 0 N–H and O–H groups in total. The molecule has 5 rings (SSSR count).